The van der Waals surface area contributed by atoms with Gasteiger partial charge >= 0.3 is 6.18 Å². The Morgan fingerprint density at radius 1 is 1.39 bits per heavy atom. The molecule has 0 saturated carbocycles. The zero-order chi connectivity index (χ0) is 13.6. The first-order chi connectivity index (χ1) is 8.50. The summed E-state index contributed by atoms with van der Waals surface area (Å²) in [7, 11) is 1.48. The minimum absolute atomic E-state index is 0.0139. The Bertz CT molecular complexity index is 418. The fraction of sp³-hybridized carbons (Fsp3) is 0.364. The maximum Gasteiger partial charge on any atom is 0.417 e. The van der Waals surface area contributed by atoms with E-state index in [1.807, 2.05) is 0 Å². The minimum atomic E-state index is -4.45. The van der Waals surface area contributed by atoms with Crippen molar-refractivity contribution in [2.75, 3.05) is 20.3 Å². The van der Waals surface area contributed by atoms with Gasteiger partial charge < -0.3 is 10.2 Å². The molecule has 0 fully saturated rings. The van der Waals surface area contributed by atoms with Gasteiger partial charge in [-0.15, -0.1) is 0 Å². The Morgan fingerprint density at radius 2 is 2.06 bits per heavy atom. The van der Waals surface area contributed by atoms with Crippen LogP contribution in [-0.2, 0) is 10.9 Å². The van der Waals surface area contributed by atoms with Crippen molar-refractivity contribution >= 4 is 5.84 Å². The molecule has 0 aromatic heterocycles. The molecule has 1 aromatic carbocycles. The summed E-state index contributed by atoms with van der Waals surface area (Å²) in [4.78, 5) is 3.93. The number of nitrogens with two attached hydrogens (primary N) is 1. The fourth-order valence-corrected chi connectivity index (χ4v) is 1.39. The molecule has 0 bridgehead atoms. The average molecular weight is 261 g/mol. The van der Waals surface area contributed by atoms with Gasteiger partial charge in [-0.3, -0.25) is 4.99 Å². The molecule has 0 aliphatic heterocycles. The maximum atomic E-state index is 12.8. The van der Waals surface area contributed by atoms with Gasteiger partial charge in [0.2, 0.25) is 0 Å². The van der Waals surface area contributed by atoms with E-state index in [2.05, 4.69) is 10.4 Å². The summed E-state index contributed by atoms with van der Waals surface area (Å²) < 4.78 is 43.1. The second kappa shape index (κ2) is 6.36. The van der Waals surface area contributed by atoms with Crippen molar-refractivity contribution in [2.24, 2.45) is 10.8 Å². The van der Waals surface area contributed by atoms with Gasteiger partial charge in [-0.1, -0.05) is 18.2 Å². The third-order valence-corrected chi connectivity index (χ3v) is 2.19. The second-order valence-corrected chi connectivity index (χ2v) is 3.41. The monoisotopic (exact) mass is 261 g/mol. The van der Waals surface area contributed by atoms with Crippen molar-refractivity contribution < 1.29 is 17.9 Å². The molecule has 0 aliphatic rings. The Hall–Kier alpha value is -1.60. The van der Waals surface area contributed by atoms with Gasteiger partial charge in [0.15, 0.2) is 0 Å². The molecule has 0 amide bonds. The molecule has 3 N–H and O–H groups in total. The predicted octanol–water partition coefficient (Wildman–Crippen LogP) is 1.56. The fourth-order valence-electron chi connectivity index (χ4n) is 1.39. The first-order valence-corrected chi connectivity index (χ1v) is 5.17. The van der Waals surface area contributed by atoms with Gasteiger partial charge in [-0.2, -0.15) is 13.2 Å². The molecule has 0 heterocycles. The Balaban J connectivity index is 3.10. The molecule has 1 aromatic rings. The van der Waals surface area contributed by atoms with Crippen molar-refractivity contribution in [3.8, 4) is 0 Å². The largest absolute Gasteiger partial charge is 0.417 e. The summed E-state index contributed by atoms with van der Waals surface area (Å²) >= 11 is 0. The third-order valence-electron chi connectivity index (χ3n) is 2.19. The van der Waals surface area contributed by atoms with E-state index in [-0.39, 0.29) is 17.9 Å². The lowest BCUT2D eigenvalue weighted by Gasteiger charge is -2.14. The molecule has 0 saturated heterocycles. The summed E-state index contributed by atoms with van der Waals surface area (Å²) in [5, 5.41) is 0. The maximum absolute atomic E-state index is 12.8. The summed E-state index contributed by atoms with van der Waals surface area (Å²) in [5.41, 5.74) is 1.33. The highest BCUT2D eigenvalue weighted by molar-refractivity contribution is 5.99. The number of hydrogen-bond acceptors (Lipinski definition) is 3. The summed E-state index contributed by atoms with van der Waals surface area (Å²) in [5.74, 6) is 5.20. The number of nitrogens with one attached hydrogen (secondary N) is 1. The zero-order valence-electron chi connectivity index (χ0n) is 9.79. The Morgan fingerprint density at radius 3 is 2.61 bits per heavy atom. The van der Waals surface area contributed by atoms with Crippen LogP contribution < -0.4 is 11.3 Å². The number of aliphatic imine (C=N–C) groups is 1. The summed E-state index contributed by atoms with van der Waals surface area (Å²) in [6.07, 6.45) is -4.45. The van der Waals surface area contributed by atoms with E-state index in [1.165, 1.54) is 25.3 Å². The number of alkyl halides is 3. The number of benzene rings is 1. The SMILES string of the molecule is COCCN=C(NN)c1ccccc1C(F)(F)F. The number of hydrogen-bond donors (Lipinski definition) is 2. The Labute approximate surface area is 103 Å². The summed E-state index contributed by atoms with van der Waals surface area (Å²) in [6, 6.07) is 5.11. The van der Waals surface area contributed by atoms with Gasteiger partial charge in [0.25, 0.3) is 0 Å². The lowest BCUT2D eigenvalue weighted by molar-refractivity contribution is -0.137. The number of ether oxygens (including phenoxy) is 1. The Kier molecular flexibility index (Phi) is 5.11. The van der Waals surface area contributed by atoms with E-state index in [9.17, 15) is 13.2 Å². The molecule has 18 heavy (non-hydrogen) atoms. The quantitative estimate of drug-likeness (QED) is 0.284. The van der Waals surface area contributed by atoms with E-state index in [1.54, 1.807) is 0 Å². The smallest absolute Gasteiger partial charge is 0.383 e. The van der Waals surface area contributed by atoms with Gasteiger partial charge in [-0.25, -0.2) is 5.84 Å². The number of rotatable bonds is 4. The predicted molar refractivity (Wildman–Crippen MR) is 62.0 cm³/mol. The number of halogens is 3. The van der Waals surface area contributed by atoms with Crippen LogP contribution in [0.4, 0.5) is 13.2 Å². The standard InChI is InChI=1S/C11H14F3N3O/c1-18-7-6-16-10(17-15)8-4-2-3-5-9(8)11(12,13)14/h2-5H,6-7,15H2,1H3,(H,16,17). The van der Waals surface area contributed by atoms with E-state index >= 15 is 0 Å². The first-order valence-electron chi connectivity index (χ1n) is 5.17. The molecule has 1 rings (SSSR count). The molecular formula is C11H14F3N3O. The van der Waals surface area contributed by atoms with Crippen LogP contribution in [0.25, 0.3) is 0 Å². The second-order valence-electron chi connectivity index (χ2n) is 3.41. The zero-order valence-corrected chi connectivity index (χ0v) is 9.79. The van der Waals surface area contributed by atoms with Gasteiger partial charge in [0.1, 0.15) is 5.84 Å². The minimum Gasteiger partial charge on any atom is -0.383 e. The van der Waals surface area contributed by atoms with Crippen molar-refractivity contribution in [3.05, 3.63) is 35.4 Å². The van der Waals surface area contributed by atoms with E-state index in [4.69, 9.17) is 10.6 Å². The number of hydrazine groups is 1. The summed E-state index contributed by atoms with van der Waals surface area (Å²) in [6.45, 7) is 0.529. The molecule has 7 heteroatoms. The van der Waals surface area contributed by atoms with Crippen LogP contribution in [0, 0.1) is 0 Å². The molecule has 0 radical (unpaired) electrons. The molecule has 100 valence electrons. The number of amidine groups is 1. The van der Waals surface area contributed by atoms with E-state index in [0.29, 0.717) is 6.61 Å². The molecule has 0 spiro atoms. The molecule has 0 aliphatic carbocycles. The van der Waals surface area contributed by atoms with Gasteiger partial charge in [0, 0.05) is 12.7 Å². The first kappa shape index (κ1) is 14.5. The van der Waals surface area contributed by atoms with Crippen LogP contribution in [0.3, 0.4) is 0 Å². The van der Waals surface area contributed by atoms with Crippen LogP contribution in [0.1, 0.15) is 11.1 Å². The lowest BCUT2D eigenvalue weighted by Crippen LogP contribution is -2.33. The molecule has 4 nitrogen and oxygen atoms in total. The van der Waals surface area contributed by atoms with E-state index in [0.717, 1.165) is 6.07 Å². The molecular weight excluding hydrogens is 247 g/mol. The van der Waals surface area contributed by atoms with Crippen molar-refractivity contribution in [3.63, 3.8) is 0 Å². The highest BCUT2D eigenvalue weighted by Gasteiger charge is 2.34. The van der Waals surface area contributed by atoms with E-state index < -0.39 is 11.7 Å². The van der Waals surface area contributed by atoms with Crippen molar-refractivity contribution in [1.82, 2.24) is 5.43 Å². The third kappa shape index (κ3) is 3.71. The van der Waals surface area contributed by atoms with Crippen molar-refractivity contribution in [2.45, 2.75) is 6.18 Å². The number of nitrogens with zero attached hydrogens (tertiary/aromatic N) is 1. The highest BCUT2D eigenvalue weighted by atomic mass is 19.4. The van der Waals surface area contributed by atoms with Crippen LogP contribution in [-0.4, -0.2) is 26.1 Å². The lowest BCUT2D eigenvalue weighted by atomic mass is 10.1. The average Bonchev–Trinajstić information content (AvgIpc) is 2.34. The number of methoxy groups -OCH3 is 1. The van der Waals surface area contributed by atoms with Crippen LogP contribution >= 0.6 is 0 Å². The highest BCUT2D eigenvalue weighted by Crippen LogP contribution is 2.31. The van der Waals surface area contributed by atoms with Crippen LogP contribution in [0.5, 0.6) is 0 Å². The van der Waals surface area contributed by atoms with Crippen LogP contribution in [0.15, 0.2) is 29.3 Å². The molecule has 0 unspecified atom stereocenters. The normalized spacial score (nSPS) is 12.6. The van der Waals surface area contributed by atoms with Gasteiger partial charge in [-0.05, 0) is 6.07 Å². The van der Waals surface area contributed by atoms with Gasteiger partial charge in [0.05, 0.1) is 18.7 Å². The topological polar surface area (TPSA) is 59.6 Å². The van der Waals surface area contributed by atoms with Crippen molar-refractivity contribution in [1.29, 1.82) is 0 Å². The molecule has 0 atom stereocenters. The van der Waals surface area contributed by atoms with Crippen LogP contribution in [0.2, 0.25) is 0 Å².